The van der Waals surface area contributed by atoms with E-state index in [4.69, 9.17) is 0 Å². The molecule has 0 aromatic rings. The van der Waals surface area contributed by atoms with Crippen molar-refractivity contribution in [2.75, 3.05) is 6.54 Å². The van der Waals surface area contributed by atoms with Crippen LogP contribution in [-0.4, -0.2) is 18.4 Å². The van der Waals surface area contributed by atoms with Crippen LogP contribution in [0.1, 0.15) is 47.5 Å². The number of nitrogens with one attached hydrogen (secondary N) is 1. The van der Waals surface area contributed by atoms with E-state index in [-0.39, 0.29) is 5.41 Å². The Morgan fingerprint density at radius 1 is 1.38 bits per heavy atom. The van der Waals surface area contributed by atoms with Gasteiger partial charge in [0.1, 0.15) is 5.78 Å². The maximum absolute atomic E-state index is 11.2. The highest BCUT2D eigenvalue weighted by atomic mass is 16.1. The Labute approximate surface area is 82.1 Å². The van der Waals surface area contributed by atoms with Crippen LogP contribution in [0.3, 0.4) is 0 Å². The summed E-state index contributed by atoms with van der Waals surface area (Å²) in [6, 6.07) is 0.383. The minimum absolute atomic E-state index is 0.229. The smallest absolute Gasteiger partial charge is 0.146 e. The quantitative estimate of drug-likeness (QED) is 0.712. The lowest BCUT2D eigenvalue weighted by Crippen LogP contribution is -2.40. The fraction of sp³-hybridized carbons (Fsp3) is 0.909. The first-order valence-electron chi connectivity index (χ1n) is 5.13. The van der Waals surface area contributed by atoms with Crippen LogP contribution in [0.4, 0.5) is 0 Å². The molecule has 0 aromatic heterocycles. The van der Waals surface area contributed by atoms with Crippen LogP contribution in [0.15, 0.2) is 0 Å². The van der Waals surface area contributed by atoms with Gasteiger partial charge in [0.25, 0.3) is 0 Å². The van der Waals surface area contributed by atoms with E-state index in [1.807, 2.05) is 6.92 Å². The van der Waals surface area contributed by atoms with Crippen molar-refractivity contribution in [3.05, 3.63) is 0 Å². The fourth-order valence-corrected chi connectivity index (χ4v) is 0.940. The lowest BCUT2D eigenvalue weighted by atomic mass is 9.88. The number of hydrogen-bond donors (Lipinski definition) is 1. The Bertz CT molecular complexity index is 158. The lowest BCUT2D eigenvalue weighted by Gasteiger charge is -2.27. The SMILES string of the molecule is CCCC(=O)CNC(C)C(C)(C)C. The molecule has 0 bridgehead atoms. The number of carbonyl (C=O) groups excluding carboxylic acids is 1. The zero-order chi connectivity index (χ0) is 10.5. The van der Waals surface area contributed by atoms with Gasteiger partial charge in [-0.3, -0.25) is 4.79 Å². The Kier molecular flexibility index (Phi) is 5.23. The molecule has 13 heavy (non-hydrogen) atoms. The third kappa shape index (κ3) is 5.81. The summed E-state index contributed by atoms with van der Waals surface area (Å²) < 4.78 is 0. The Morgan fingerprint density at radius 2 is 1.92 bits per heavy atom. The van der Waals surface area contributed by atoms with Gasteiger partial charge in [-0.05, 0) is 18.8 Å². The number of rotatable bonds is 5. The molecule has 0 rings (SSSR count). The van der Waals surface area contributed by atoms with Gasteiger partial charge in [0, 0.05) is 12.5 Å². The van der Waals surface area contributed by atoms with E-state index in [1.165, 1.54) is 0 Å². The van der Waals surface area contributed by atoms with Crippen molar-refractivity contribution in [3.63, 3.8) is 0 Å². The standard InChI is InChI=1S/C11H23NO/c1-6-7-10(13)8-12-9(2)11(3,4)5/h9,12H,6-8H2,1-5H3. The first-order chi connectivity index (χ1) is 5.88. The van der Waals surface area contributed by atoms with Crippen molar-refractivity contribution in [2.24, 2.45) is 5.41 Å². The van der Waals surface area contributed by atoms with Crippen molar-refractivity contribution >= 4 is 5.78 Å². The predicted octanol–water partition coefficient (Wildman–Crippen LogP) is 2.38. The van der Waals surface area contributed by atoms with E-state index >= 15 is 0 Å². The molecule has 1 unspecified atom stereocenters. The summed E-state index contributed by atoms with van der Waals surface area (Å²) in [5.74, 6) is 0.318. The number of Topliss-reactive ketones (excluding diaryl/α,β-unsaturated/α-hetero) is 1. The van der Waals surface area contributed by atoms with E-state index < -0.39 is 0 Å². The van der Waals surface area contributed by atoms with Crippen molar-refractivity contribution in [2.45, 2.75) is 53.5 Å². The second kappa shape index (κ2) is 5.38. The molecule has 0 spiro atoms. The van der Waals surface area contributed by atoms with Gasteiger partial charge in [0.05, 0.1) is 6.54 Å². The molecule has 78 valence electrons. The van der Waals surface area contributed by atoms with E-state index in [9.17, 15) is 4.79 Å². The lowest BCUT2D eigenvalue weighted by molar-refractivity contribution is -0.118. The average molecular weight is 185 g/mol. The summed E-state index contributed by atoms with van der Waals surface area (Å²) in [5.41, 5.74) is 0.229. The monoisotopic (exact) mass is 185 g/mol. The molecular formula is C11H23NO. The van der Waals surface area contributed by atoms with Gasteiger partial charge >= 0.3 is 0 Å². The molecule has 2 nitrogen and oxygen atoms in total. The molecule has 1 N–H and O–H groups in total. The minimum Gasteiger partial charge on any atom is -0.307 e. The zero-order valence-electron chi connectivity index (χ0n) is 9.61. The fourth-order valence-electron chi connectivity index (χ4n) is 0.940. The minimum atomic E-state index is 0.229. The molecule has 0 saturated heterocycles. The molecule has 0 aliphatic rings. The summed E-state index contributed by atoms with van der Waals surface area (Å²) in [7, 11) is 0. The molecule has 2 heteroatoms. The van der Waals surface area contributed by atoms with Crippen molar-refractivity contribution < 1.29 is 4.79 Å². The average Bonchev–Trinajstić information content (AvgIpc) is 1.99. The van der Waals surface area contributed by atoms with Crippen LogP contribution in [0.5, 0.6) is 0 Å². The second-order valence-corrected chi connectivity index (χ2v) is 4.76. The van der Waals surface area contributed by atoms with Gasteiger partial charge in [-0.25, -0.2) is 0 Å². The van der Waals surface area contributed by atoms with E-state index in [2.05, 4.69) is 33.0 Å². The number of hydrogen-bond acceptors (Lipinski definition) is 2. The first-order valence-corrected chi connectivity index (χ1v) is 5.13. The Hall–Kier alpha value is -0.370. The highest BCUT2D eigenvalue weighted by molar-refractivity contribution is 5.80. The van der Waals surface area contributed by atoms with Crippen LogP contribution in [-0.2, 0) is 4.79 Å². The van der Waals surface area contributed by atoms with Gasteiger partial charge in [0.2, 0.25) is 0 Å². The van der Waals surface area contributed by atoms with Crippen molar-refractivity contribution in [1.82, 2.24) is 5.32 Å². The molecule has 0 radical (unpaired) electrons. The van der Waals surface area contributed by atoms with Gasteiger partial charge in [-0.2, -0.15) is 0 Å². The number of carbonyl (C=O) groups is 1. The van der Waals surface area contributed by atoms with Gasteiger partial charge in [0.15, 0.2) is 0 Å². The van der Waals surface area contributed by atoms with Crippen molar-refractivity contribution in [3.8, 4) is 0 Å². The maximum Gasteiger partial charge on any atom is 0.146 e. The molecule has 0 fully saturated rings. The molecule has 0 saturated carbocycles. The molecule has 0 amide bonds. The first kappa shape index (κ1) is 12.6. The van der Waals surface area contributed by atoms with Crippen LogP contribution < -0.4 is 5.32 Å². The maximum atomic E-state index is 11.2. The highest BCUT2D eigenvalue weighted by Gasteiger charge is 2.19. The number of ketones is 1. The third-order valence-corrected chi connectivity index (χ3v) is 2.43. The summed E-state index contributed by atoms with van der Waals surface area (Å²) in [6.07, 6.45) is 1.65. The molecule has 0 aliphatic carbocycles. The van der Waals surface area contributed by atoms with Gasteiger partial charge < -0.3 is 5.32 Å². The van der Waals surface area contributed by atoms with Gasteiger partial charge in [-0.15, -0.1) is 0 Å². The van der Waals surface area contributed by atoms with Crippen LogP contribution in [0, 0.1) is 5.41 Å². The second-order valence-electron chi connectivity index (χ2n) is 4.76. The summed E-state index contributed by atoms with van der Waals surface area (Å²) in [6.45, 7) is 11.2. The predicted molar refractivity (Wildman–Crippen MR) is 56.8 cm³/mol. The normalized spacial score (nSPS) is 14.2. The molecule has 1 atom stereocenters. The summed E-state index contributed by atoms with van der Waals surface area (Å²) >= 11 is 0. The highest BCUT2D eigenvalue weighted by Crippen LogP contribution is 2.18. The van der Waals surface area contributed by atoms with Gasteiger partial charge in [-0.1, -0.05) is 27.7 Å². The topological polar surface area (TPSA) is 29.1 Å². The molecular weight excluding hydrogens is 162 g/mol. The van der Waals surface area contributed by atoms with Crippen LogP contribution >= 0.6 is 0 Å². The molecule has 0 aliphatic heterocycles. The molecule has 0 heterocycles. The van der Waals surface area contributed by atoms with E-state index in [0.717, 1.165) is 6.42 Å². The largest absolute Gasteiger partial charge is 0.307 e. The van der Waals surface area contributed by atoms with E-state index in [1.54, 1.807) is 0 Å². The summed E-state index contributed by atoms with van der Waals surface area (Å²) in [5, 5.41) is 3.26. The van der Waals surface area contributed by atoms with Crippen LogP contribution in [0.2, 0.25) is 0 Å². The third-order valence-electron chi connectivity index (χ3n) is 2.43. The Morgan fingerprint density at radius 3 is 2.31 bits per heavy atom. The molecule has 0 aromatic carbocycles. The Balaban J connectivity index is 3.70. The zero-order valence-corrected chi connectivity index (χ0v) is 9.61. The van der Waals surface area contributed by atoms with Crippen LogP contribution in [0.25, 0.3) is 0 Å². The van der Waals surface area contributed by atoms with Crippen molar-refractivity contribution in [1.29, 1.82) is 0 Å². The summed E-state index contributed by atoms with van der Waals surface area (Å²) in [4.78, 5) is 11.2. The van der Waals surface area contributed by atoms with E-state index in [0.29, 0.717) is 24.8 Å².